The van der Waals surface area contributed by atoms with E-state index in [2.05, 4.69) is 20.4 Å². The van der Waals surface area contributed by atoms with Gasteiger partial charge >= 0.3 is 0 Å². The Bertz CT molecular complexity index is 957. The summed E-state index contributed by atoms with van der Waals surface area (Å²) in [5.74, 6) is 1.45. The van der Waals surface area contributed by atoms with Crippen LogP contribution in [0.3, 0.4) is 0 Å². The van der Waals surface area contributed by atoms with E-state index in [4.69, 9.17) is 0 Å². The Morgan fingerprint density at radius 2 is 1.93 bits per heavy atom. The van der Waals surface area contributed by atoms with E-state index in [-0.39, 0.29) is 17.9 Å². The minimum absolute atomic E-state index is 0.0733. The Balaban J connectivity index is 1.32. The Morgan fingerprint density at radius 3 is 2.69 bits per heavy atom. The molecule has 0 bridgehead atoms. The minimum Gasteiger partial charge on any atom is -0.350 e. The van der Waals surface area contributed by atoms with E-state index >= 15 is 0 Å². The molecular formula is C22H25N5O2. The van der Waals surface area contributed by atoms with Gasteiger partial charge in [-0.2, -0.15) is 0 Å². The summed E-state index contributed by atoms with van der Waals surface area (Å²) in [7, 11) is 0. The summed E-state index contributed by atoms with van der Waals surface area (Å²) in [6.07, 6.45) is 3.19. The summed E-state index contributed by atoms with van der Waals surface area (Å²) in [5.41, 5.74) is 3.16. The quantitative estimate of drug-likeness (QED) is 0.860. The predicted octanol–water partition coefficient (Wildman–Crippen LogP) is 1.81. The first kappa shape index (κ1) is 18.1. The van der Waals surface area contributed by atoms with Gasteiger partial charge in [-0.15, -0.1) is 10.2 Å². The summed E-state index contributed by atoms with van der Waals surface area (Å²) >= 11 is 0. The molecule has 7 nitrogen and oxygen atoms in total. The fourth-order valence-electron chi connectivity index (χ4n) is 4.37. The number of rotatable bonds is 4. The molecule has 0 radical (unpaired) electrons. The molecule has 150 valence electrons. The fraction of sp³-hybridized carbons (Fsp3) is 0.455. The molecule has 5 rings (SSSR count). The van der Waals surface area contributed by atoms with E-state index in [1.54, 1.807) is 0 Å². The first-order valence-electron chi connectivity index (χ1n) is 10.4. The Labute approximate surface area is 170 Å². The van der Waals surface area contributed by atoms with Gasteiger partial charge in [-0.25, -0.2) is 0 Å². The molecule has 2 amide bonds. The SMILES string of the molecule is Cc1c(C(=O)NCC2CC2)nnc2c1CC1CN(C(=O)c3ccccc3)CCN21. The molecule has 1 aromatic carbocycles. The van der Waals surface area contributed by atoms with Crippen LogP contribution in [0.1, 0.15) is 44.8 Å². The zero-order chi connectivity index (χ0) is 20.0. The Morgan fingerprint density at radius 1 is 1.14 bits per heavy atom. The van der Waals surface area contributed by atoms with Crippen molar-refractivity contribution in [2.24, 2.45) is 5.92 Å². The summed E-state index contributed by atoms with van der Waals surface area (Å²) in [5, 5.41) is 11.7. The van der Waals surface area contributed by atoms with Crippen molar-refractivity contribution in [1.82, 2.24) is 20.4 Å². The molecule has 1 aromatic heterocycles. The number of aromatic nitrogens is 2. The Kier molecular flexibility index (Phi) is 4.45. The van der Waals surface area contributed by atoms with Crippen molar-refractivity contribution in [2.45, 2.75) is 32.2 Å². The minimum atomic E-state index is -0.129. The van der Waals surface area contributed by atoms with Crippen LogP contribution < -0.4 is 10.2 Å². The largest absolute Gasteiger partial charge is 0.350 e. The first-order chi connectivity index (χ1) is 14.1. The van der Waals surface area contributed by atoms with E-state index < -0.39 is 0 Å². The number of carbonyl (C=O) groups excluding carboxylic acids is 2. The van der Waals surface area contributed by atoms with Gasteiger partial charge in [-0.1, -0.05) is 18.2 Å². The normalized spacial score (nSPS) is 20.2. The van der Waals surface area contributed by atoms with Gasteiger partial charge < -0.3 is 15.1 Å². The topological polar surface area (TPSA) is 78.4 Å². The molecule has 0 spiro atoms. The maximum Gasteiger partial charge on any atom is 0.272 e. The molecule has 3 heterocycles. The average Bonchev–Trinajstić information content (AvgIpc) is 3.51. The highest BCUT2D eigenvalue weighted by Crippen LogP contribution is 2.35. The highest BCUT2D eigenvalue weighted by Gasteiger charge is 2.39. The molecule has 1 N–H and O–H groups in total. The van der Waals surface area contributed by atoms with Crippen molar-refractivity contribution in [2.75, 3.05) is 31.1 Å². The second-order valence-corrected chi connectivity index (χ2v) is 8.30. The van der Waals surface area contributed by atoms with E-state index in [1.165, 1.54) is 12.8 Å². The van der Waals surface area contributed by atoms with Crippen LogP contribution in [0.5, 0.6) is 0 Å². The van der Waals surface area contributed by atoms with Crippen LogP contribution in [-0.4, -0.2) is 59.1 Å². The van der Waals surface area contributed by atoms with Gasteiger partial charge in [0, 0.05) is 37.3 Å². The third kappa shape index (κ3) is 3.34. The van der Waals surface area contributed by atoms with Crippen LogP contribution >= 0.6 is 0 Å². The summed E-state index contributed by atoms with van der Waals surface area (Å²) in [6.45, 7) is 4.74. The van der Waals surface area contributed by atoms with Crippen molar-refractivity contribution in [3.05, 3.63) is 52.7 Å². The summed E-state index contributed by atoms with van der Waals surface area (Å²) in [6, 6.07) is 9.61. The van der Waals surface area contributed by atoms with E-state index in [0.717, 1.165) is 42.0 Å². The maximum absolute atomic E-state index is 12.8. The number of fused-ring (bicyclic) bond motifs is 3. The number of hydrogen-bond donors (Lipinski definition) is 1. The van der Waals surface area contributed by atoms with Crippen molar-refractivity contribution in [3.8, 4) is 0 Å². The molecule has 29 heavy (non-hydrogen) atoms. The number of piperazine rings is 1. The third-order valence-electron chi connectivity index (χ3n) is 6.29. The van der Waals surface area contributed by atoms with Crippen LogP contribution in [0.15, 0.2) is 30.3 Å². The number of nitrogens with one attached hydrogen (secondary N) is 1. The molecule has 1 atom stereocenters. The van der Waals surface area contributed by atoms with Gasteiger partial charge in [-0.05, 0) is 49.8 Å². The monoisotopic (exact) mass is 391 g/mol. The van der Waals surface area contributed by atoms with Gasteiger partial charge in [0.25, 0.3) is 11.8 Å². The second-order valence-electron chi connectivity index (χ2n) is 8.30. The lowest BCUT2D eigenvalue weighted by molar-refractivity contribution is 0.0724. The number of anilines is 1. The second kappa shape index (κ2) is 7.13. The number of nitrogens with zero attached hydrogens (tertiary/aromatic N) is 4. The summed E-state index contributed by atoms with van der Waals surface area (Å²) in [4.78, 5) is 29.5. The number of carbonyl (C=O) groups is 2. The molecule has 1 aliphatic carbocycles. The van der Waals surface area contributed by atoms with Crippen molar-refractivity contribution in [1.29, 1.82) is 0 Å². The average molecular weight is 391 g/mol. The molecule has 2 aromatic rings. The van der Waals surface area contributed by atoms with Crippen LogP contribution in [0.4, 0.5) is 5.82 Å². The lowest BCUT2D eigenvalue weighted by atomic mass is 10.0. The van der Waals surface area contributed by atoms with Gasteiger partial charge in [0.15, 0.2) is 11.5 Å². The fourth-order valence-corrected chi connectivity index (χ4v) is 4.37. The molecule has 3 aliphatic rings. The molecule has 1 unspecified atom stereocenters. The number of amides is 2. The van der Waals surface area contributed by atoms with Gasteiger partial charge in [0.2, 0.25) is 0 Å². The highest BCUT2D eigenvalue weighted by atomic mass is 16.2. The van der Waals surface area contributed by atoms with E-state index in [1.807, 2.05) is 42.2 Å². The number of benzene rings is 1. The molecular weight excluding hydrogens is 366 g/mol. The van der Waals surface area contributed by atoms with Crippen molar-refractivity contribution >= 4 is 17.6 Å². The predicted molar refractivity (Wildman–Crippen MR) is 109 cm³/mol. The van der Waals surface area contributed by atoms with Crippen molar-refractivity contribution < 1.29 is 9.59 Å². The number of hydrogen-bond acceptors (Lipinski definition) is 5. The van der Waals surface area contributed by atoms with Crippen molar-refractivity contribution in [3.63, 3.8) is 0 Å². The lowest BCUT2D eigenvalue weighted by Crippen LogP contribution is -2.53. The molecule has 2 fully saturated rings. The zero-order valence-corrected chi connectivity index (χ0v) is 16.6. The molecule has 7 heteroatoms. The molecule has 1 saturated carbocycles. The van der Waals surface area contributed by atoms with Gasteiger partial charge in [-0.3, -0.25) is 9.59 Å². The van der Waals surface area contributed by atoms with Crippen LogP contribution in [0, 0.1) is 12.8 Å². The van der Waals surface area contributed by atoms with Crippen LogP contribution in [0.2, 0.25) is 0 Å². The third-order valence-corrected chi connectivity index (χ3v) is 6.29. The zero-order valence-electron chi connectivity index (χ0n) is 16.6. The summed E-state index contributed by atoms with van der Waals surface area (Å²) < 4.78 is 0. The van der Waals surface area contributed by atoms with Gasteiger partial charge in [0.05, 0.1) is 6.04 Å². The van der Waals surface area contributed by atoms with Crippen LogP contribution in [0.25, 0.3) is 0 Å². The standard InChI is InChI=1S/C22H25N5O2/c1-14-18-11-17-13-26(22(29)16-5-3-2-4-6-16)9-10-27(17)20(18)25-24-19(14)21(28)23-12-15-7-8-15/h2-6,15,17H,7-13H2,1H3,(H,23,28). The van der Waals surface area contributed by atoms with Gasteiger partial charge in [0.1, 0.15) is 0 Å². The molecule has 1 saturated heterocycles. The maximum atomic E-state index is 12.8. The smallest absolute Gasteiger partial charge is 0.272 e. The molecule has 2 aliphatic heterocycles. The van der Waals surface area contributed by atoms with Crippen LogP contribution in [-0.2, 0) is 6.42 Å². The Hall–Kier alpha value is -2.96. The lowest BCUT2D eigenvalue weighted by Gasteiger charge is -2.38. The van der Waals surface area contributed by atoms with E-state index in [0.29, 0.717) is 24.7 Å². The first-order valence-corrected chi connectivity index (χ1v) is 10.4. The highest BCUT2D eigenvalue weighted by molar-refractivity contribution is 5.95. The van der Waals surface area contributed by atoms with E-state index in [9.17, 15) is 9.59 Å².